The Morgan fingerprint density at radius 3 is 2.60 bits per heavy atom. The number of amides is 1. The zero-order valence-corrected chi connectivity index (χ0v) is 9.78. The second-order valence-corrected chi connectivity index (χ2v) is 3.66. The minimum absolute atomic E-state index is 0.188. The zero-order valence-electron chi connectivity index (χ0n) is 8.06. The normalized spacial score (nSPS) is 9.40. The second kappa shape index (κ2) is 6.42. The maximum atomic E-state index is 11.5. The molecule has 0 saturated heterocycles. The van der Waals surface area contributed by atoms with Crippen molar-refractivity contribution < 1.29 is 4.79 Å². The summed E-state index contributed by atoms with van der Waals surface area (Å²) in [6, 6.07) is 9.19. The number of hydrogen-bond donors (Lipinski definition) is 3. The van der Waals surface area contributed by atoms with E-state index in [9.17, 15) is 4.79 Å². The van der Waals surface area contributed by atoms with E-state index < -0.39 is 0 Å². The van der Waals surface area contributed by atoms with Gasteiger partial charge in [-0.25, -0.2) is 0 Å². The highest BCUT2D eigenvalue weighted by Crippen LogP contribution is 2.04. The van der Waals surface area contributed by atoms with Crippen LogP contribution in [0.4, 0.5) is 5.69 Å². The summed E-state index contributed by atoms with van der Waals surface area (Å²) in [6.07, 6.45) is 0. The highest BCUT2D eigenvalue weighted by Gasteiger charge is 2.07. The molecule has 0 heterocycles. The molecule has 0 radical (unpaired) electrons. The fraction of sp³-hybridized carbons (Fsp3) is 0.200. The van der Waals surface area contributed by atoms with Crippen molar-refractivity contribution >= 4 is 41.4 Å². The average Bonchev–Trinajstić information content (AvgIpc) is 2.27. The second-order valence-electron chi connectivity index (χ2n) is 2.80. The van der Waals surface area contributed by atoms with Gasteiger partial charge in [0.05, 0.1) is 0 Å². The molecule has 0 spiro atoms. The molecule has 0 saturated carbocycles. The summed E-state index contributed by atoms with van der Waals surface area (Å²) >= 11 is 8.89. The Hall–Kier alpha value is -1.07. The Morgan fingerprint density at radius 1 is 1.33 bits per heavy atom. The lowest BCUT2D eigenvalue weighted by Crippen LogP contribution is -2.34. The molecule has 80 valence electrons. The number of thiocarbonyl (C=S) groups is 1. The van der Waals surface area contributed by atoms with Gasteiger partial charge in [0.2, 0.25) is 0 Å². The standard InChI is InChI=1S/C10H12N2OS2/c13-9(10(15)11-6-7-14)12-8-4-2-1-3-5-8/h1-5,14H,6-7H2,(H,11,15)(H,12,13). The monoisotopic (exact) mass is 240 g/mol. The number of thiol groups is 1. The number of carbonyl (C=O) groups excluding carboxylic acids is 1. The molecule has 0 unspecified atom stereocenters. The van der Waals surface area contributed by atoms with Gasteiger partial charge in [0.15, 0.2) is 4.99 Å². The first-order chi connectivity index (χ1) is 7.24. The highest BCUT2D eigenvalue weighted by molar-refractivity contribution is 7.82. The van der Waals surface area contributed by atoms with Crippen LogP contribution in [0.15, 0.2) is 30.3 Å². The summed E-state index contributed by atoms with van der Waals surface area (Å²) in [6.45, 7) is 0.587. The topological polar surface area (TPSA) is 41.1 Å². The van der Waals surface area contributed by atoms with Gasteiger partial charge in [-0.15, -0.1) is 0 Å². The van der Waals surface area contributed by atoms with Gasteiger partial charge in [-0.3, -0.25) is 4.79 Å². The Bertz CT molecular complexity index is 341. The SMILES string of the molecule is O=C(Nc1ccccc1)C(=S)NCCS. The fourth-order valence-electron chi connectivity index (χ4n) is 0.959. The molecule has 0 fully saturated rings. The number of anilines is 1. The molecule has 2 N–H and O–H groups in total. The van der Waals surface area contributed by atoms with Crippen LogP contribution in [0.1, 0.15) is 0 Å². The smallest absolute Gasteiger partial charge is 0.283 e. The third kappa shape index (κ3) is 4.31. The Balaban J connectivity index is 2.45. The molecule has 1 aromatic rings. The summed E-state index contributed by atoms with van der Waals surface area (Å²) < 4.78 is 0. The maximum Gasteiger partial charge on any atom is 0.283 e. The van der Waals surface area contributed by atoms with E-state index in [2.05, 4.69) is 23.3 Å². The molecule has 0 aliphatic rings. The summed E-state index contributed by atoms with van der Waals surface area (Å²) in [5.41, 5.74) is 0.734. The summed E-state index contributed by atoms with van der Waals surface area (Å²) in [4.78, 5) is 11.7. The minimum Gasteiger partial charge on any atom is -0.371 e. The van der Waals surface area contributed by atoms with E-state index in [0.717, 1.165) is 5.69 Å². The van der Waals surface area contributed by atoms with Crippen LogP contribution in [0, 0.1) is 0 Å². The van der Waals surface area contributed by atoms with Gasteiger partial charge in [-0.1, -0.05) is 30.4 Å². The summed E-state index contributed by atoms with van der Waals surface area (Å²) in [7, 11) is 0. The third-order valence-electron chi connectivity index (χ3n) is 1.64. The van der Waals surface area contributed by atoms with E-state index in [1.54, 1.807) is 12.1 Å². The minimum atomic E-state index is -0.294. The van der Waals surface area contributed by atoms with Crippen LogP contribution in [-0.2, 0) is 4.79 Å². The van der Waals surface area contributed by atoms with E-state index in [1.165, 1.54) is 0 Å². The number of carbonyl (C=O) groups is 1. The van der Waals surface area contributed by atoms with Crippen molar-refractivity contribution in [1.29, 1.82) is 0 Å². The molecule has 0 aliphatic heterocycles. The maximum absolute atomic E-state index is 11.5. The number of benzene rings is 1. The molecule has 5 heteroatoms. The van der Waals surface area contributed by atoms with Gasteiger partial charge in [0.1, 0.15) is 0 Å². The molecular formula is C10H12N2OS2. The molecule has 0 bridgehead atoms. The zero-order chi connectivity index (χ0) is 11.1. The van der Waals surface area contributed by atoms with E-state index >= 15 is 0 Å². The van der Waals surface area contributed by atoms with Crippen LogP contribution >= 0.6 is 24.8 Å². The number of para-hydroxylation sites is 1. The molecule has 1 amide bonds. The Morgan fingerprint density at radius 2 is 2.00 bits per heavy atom. The summed E-state index contributed by atoms with van der Waals surface area (Å²) in [5, 5.41) is 5.48. The Kier molecular flexibility index (Phi) is 5.14. The third-order valence-corrected chi connectivity index (χ3v) is 2.19. The number of hydrogen-bond acceptors (Lipinski definition) is 3. The van der Waals surface area contributed by atoms with Gasteiger partial charge in [0.25, 0.3) is 5.91 Å². The van der Waals surface area contributed by atoms with E-state index in [1.807, 2.05) is 18.2 Å². The molecule has 3 nitrogen and oxygen atoms in total. The van der Waals surface area contributed by atoms with Crippen molar-refractivity contribution in [3.63, 3.8) is 0 Å². The van der Waals surface area contributed by atoms with Crippen molar-refractivity contribution in [1.82, 2.24) is 5.32 Å². The lowest BCUT2D eigenvalue weighted by Gasteiger charge is -2.07. The molecule has 1 aromatic carbocycles. The average molecular weight is 240 g/mol. The summed E-state index contributed by atoms with van der Waals surface area (Å²) in [5.74, 6) is 0.344. The van der Waals surface area contributed by atoms with Gasteiger partial charge in [-0.05, 0) is 12.1 Å². The lowest BCUT2D eigenvalue weighted by molar-refractivity contribution is -0.110. The number of rotatable bonds is 3. The van der Waals surface area contributed by atoms with Crippen molar-refractivity contribution in [3.8, 4) is 0 Å². The first-order valence-electron chi connectivity index (χ1n) is 4.49. The van der Waals surface area contributed by atoms with Crippen LogP contribution in [0.5, 0.6) is 0 Å². The van der Waals surface area contributed by atoms with Crippen molar-refractivity contribution in [2.45, 2.75) is 0 Å². The first-order valence-corrected chi connectivity index (χ1v) is 5.53. The predicted octanol–water partition coefficient (Wildman–Crippen LogP) is 1.47. The molecule has 0 aliphatic carbocycles. The van der Waals surface area contributed by atoms with Gasteiger partial charge in [0, 0.05) is 18.0 Å². The molecule has 1 rings (SSSR count). The molecule has 0 atom stereocenters. The van der Waals surface area contributed by atoms with E-state index in [4.69, 9.17) is 12.2 Å². The van der Waals surface area contributed by atoms with Gasteiger partial charge >= 0.3 is 0 Å². The number of nitrogens with one attached hydrogen (secondary N) is 2. The van der Waals surface area contributed by atoms with Crippen LogP contribution in [0.3, 0.4) is 0 Å². The van der Waals surface area contributed by atoms with E-state index in [0.29, 0.717) is 12.3 Å². The predicted molar refractivity (Wildman–Crippen MR) is 69.5 cm³/mol. The van der Waals surface area contributed by atoms with Crippen molar-refractivity contribution in [3.05, 3.63) is 30.3 Å². The quantitative estimate of drug-likeness (QED) is 0.553. The molecular weight excluding hydrogens is 228 g/mol. The fourth-order valence-corrected chi connectivity index (χ4v) is 1.22. The van der Waals surface area contributed by atoms with E-state index in [-0.39, 0.29) is 10.9 Å². The molecule has 0 aromatic heterocycles. The van der Waals surface area contributed by atoms with Crippen molar-refractivity contribution in [2.75, 3.05) is 17.6 Å². The first kappa shape index (κ1) is 12.0. The van der Waals surface area contributed by atoms with Crippen LogP contribution in [0.2, 0.25) is 0 Å². The largest absolute Gasteiger partial charge is 0.371 e. The molecule has 15 heavy (non-hydrogen) atoms. The van der Waals surface area contributed by atoms with Crippen LogP contribution in [0.25, 0.3) is 0 Å². The van der Waals surface area contributed by atoms with Crippen LogP contribution in [-0.4, -0.2) is 23.2 Å². The Labute approximate surface area is 99.7 Å². The van der Waals surface area contributed by atoms with Gasteiger partial charge < -0.3 is 10.6 Å². The highest BCUT2D eigenvalue weighted by atomic mass is 32.1. The lowest BCUT2D eigenvalue weighted by atomic mass is 10.3. The van der Waals surface area contributed by atoms with Crippen LogP contribution < -0.4 is 10.6 Å². The van der Waals surface area contributed by atoms with Crippen molar-refractivity contribution in [2.24, 2.45) is 0 Å². The van der Waals surface area contributed by atoms with Gasteiger partial charge in [-0.2, -0.15) is 12.6 Å².